The zero-order chi connectivity index (χ0) is 32.3. The molecule has 1 aromatic carbocycles. The molecule has 1 saturated heterocycles. The third-order valence-electron chi connectivity index (χ3n) is 13.0. The van der Waals surface area contributed by atoms with Gasteiger partial charge in [0.25, 0.3) is 0 Å². The molecule has 5 aliphatic rings. The van der Waals surface area contributed by atoms with E-state index in [9.17, 15) is 25.0 Å². The van der Waals surface area contributed by atoms with Crippen LogP contribution in [0.5, 0.6) is 0 Å². The molecule has 0 bridgehead atoms. The number of allylic oxidation sites excluding steroid dienone is 1. The van der Waals surface area contributed by atoms with E-state index in [0.29, 0.717) is 36.8 Å². The molecule has 0 N–H and O–H groups in total. The molecular formula is C36H51N3O6. The van der Waals surface area contributed by atoms with E-state index in [4.69, 9.17) is 4.74 Å². The van der Waals surface area contributed by atoms with Gasteiger partial charge in [0, 0.05) is 31.6 Å². The SMILES string of the molecule is CC(C)CCC[C@@H](C)[C@H]1CC[C@H]2[C@@H]3CC=C4C[C@@H](OC(=O)c5cc([N+](=O)[O-])c(N6CC6)c([N+](=O)[O-])c5)CC[C@]4(C)[C@H]3CC[C@]12C. The van der Waals surface area contributed by atoms with Crippen LogP contribution >= 0.6 is 0 Å². The van der Waals surface area contributed by atoms with Crippen molar-refractivity contribution in [3.05, 3.63) is 49.6 Å². The summed E-state index contributed by atoms with van der Waals surface area (Å²) in [7, 11) is 0. The molecule has 0 spiro atoms. The Labute approximate surface area is 267 Å². The zero-order valence-electron chi connectivity index (χ0n) is 27.8. The van der Waals surface area contributed by atoms with E-state index in [2.05, 4.69) is 40.7 Å². The van der Waals surface area contributed by atoms with Crippen LogP contribution in [0.1, 0.15) is 116 Å². The summed E-state index contributed by atoms with van der Waals surface area (Å²) in [5.74, 6) is 3.81. The van der Waals surface area contributed by atoms with Crippen LogP contribution in [0.3, 0.4) is 0 Å². The first kappa shape index (κ1) is 32.0. The molecule has 1 aliphatic heterocycles. The van der Waals surface area contributed by atoms with Crippen molar-refractivity contribution in [2.24, 2.45) is 46.3 Å². The normalized spacial score (nSPS) is 34.3. The summed E-state index contributed by atoms with van der Waals surface area (Å²) < 4.78 is 5.93. The van der Waals surface area contributed by atoms with E-state index in [1.165, 1.54) is 50.5 Å². The minimum atomic E-state index is -0.727. The highest BCUT2D eigenvalue weighted by molar-refractivity contribution is 5.94. The van der Waals surface area contributed by atoms with Gasteiger partial charge in [-0.1, -0.05) is 65.5 Å². The molecule has 1 aromatic rings. The van der Waals surface area contributed by atoms with Gasteiger partial charge in [-0.05, 0) is 91.3 Å². The maximum Gasteiger partial charge on any atom is 0.338 e. The number of anilines is 1. The largest absolute Gasteiger partial charge is 0.458 e. The molecule has 6 rings (SSSR count). The predicted octanol–water partition coefficient (Wildman–Crippen LogP) is 8.89. The summed E-state index contributed by atoms with van der Waals surface area (Å²) in [5, 5.41) is 23.6. The van der Waals surface area contributed by atoms with E-state index in [-0.39, 0.29) is 22.8 Å². The average molecular weight is 622 g/mol. The van der Waals surface area contributed by atoms with Gasteiger partial charge in [-0.25, -0.2) is 4.79 Å². The van der Waals surface area contributed by atoms with E-state index < -0.39 is 27.2 Å². The van der Waals surface area contributed by atoms with Crippen molar-refractivity contribution < 1.29 is 19.4 Å². The maximum atomic E-state index is 13.3. The van der Waals surface area contributed by atoms with Gasteiger partial charge < -0.3 is 9.64 Å². The predicted molar refractivity (Wildman–Crippen MR) is 174 cm³/mol. The van der Waals surface area contributed by atoms with Gasteiger partial charge in [-0.15, -0.1) is 0 Å². The highest BCUT2D eigenvalue weighted by Crippen LogP contribution is 2.67. The van der Waals surface area contributed by atoms with Crippen LogP contribution in [0.25, 0.3) is 0 Å². The van der Waals surface area contributed by atoms with Crippen molar-refractivity contribution in [3.63, 3.8) is 0 Å². The fraction of sp³-hybridized carbons (Fsp3) is 0.750. The summed E-state index contributed by atoms with van der Waals surface area (Å²) in [5.41, 5.74) is 0.918. The first-order chi connectivity index (χ1) is 21.3. The van der Waals surface area contributed by atoms with Crippen LogP contribution in [0, 0.1) is 66.6 Å². The van der Waals surface area contributed by atoms with Crippen molar-refractivity contribution in [2.75, 3.05) is 18.0 Å². The molecule has 45 heavy (non-hydrogen) atoms. The van der Waals surface area contributed by atoms with E-state index in [1.807, 2.05) is 0 Å². The quantitative estimate of drug-likeness (QED) is 0.0842. The maximum absolute atomic E-state index is 13.3. The number of carbonyl (C=O) groups excluding carboxylic acids is 1. The molecule has 3 saturated carbocycles. The second kappa shape index (κ2) is 12.0. The molecule has 1 heterocycles. The molecule has 246 valence electrons. The number of esters is 1. The molecule has 0 aromatic heterocycles. The molecule has 0 amide bonds. The summed E-state index contributed by atoms with van der Waals surface area (Å²) in [6.07, 6.45) is 14.9. The second-order valence-electron chi connectivity index (χ2n) is 15.9. The lowest BCUT2D eigenvalue weighted by Gasteiger charge is -2.58. The summed E-state index contributed by atoms with van der Waals surface area (Å²) in [6.45, 7) is 13.3. The van der Waals surface area contributed by atoms with Crippen LogP contribution < -0.4 is 4.90 Å². The van der Waals surface area contributed by atoms with E-state index >= 15 is 0 Å². The number of nitrogens with zero attached hydrogens (tertiary/aromatic N) is 3. The Kier molecular flexibility index (Phi) is 8.53. The zero-order valence-corrected chi connectivity index (χ0v) is 27.8. The average Bonchev–Trinajstić information content (AvgIpc) is 3.76. The Hall–Kier alpha value is -2.97. The first-order valence-corrected chi connectivity index (χ1v) is 17.5. The Morgan fingerprint density at radius 2 is 1.67 bits per heavy atom. The number of rotatable bonds is 10. The van der Waals surface area contributed by atoms with Crippen LogP contribution in [0.15, 0.2) is 23.8 Å². The lowest BCUT2D eigenvalue weighted by Crippen LogP contribution is -2.51. The number of nitro benzene ring substituents is 2. The van der Waals surface area contributed by atoms with Gasteiger partial charge in [0.05, 0.1) is 15.4 Å². The fourth-order valence-corrected chi connectivity index (χ4v) is 10.6. The smallest absolute Gasteiger partial charge is 0.338 e. The third-order valence-corrected chi connectivity index (χ3v) is 13.0. The summed E-state index contributed by atoms with van der Waals surface area (Å²) >= 11 is 0. The van der Waals surface area contributed by atoms with Gasteiger partial charge in [-0.3, -0.25) is 20.2 Å². The highest BCUT2D eigenvalue weighted by atomic mass is 16.6. The van der Waals surface area contributed by atoms with Gasteiger partial charge >= 0.3 is 17.3 Å². The molecular weight excluding hydrogens is 570 g/mol. The van der Waals surface area contributed by atoms with E-state index in [0.717, 1.165) is 55.1 Å². The number of hydrogen-bond acceptors (Lipinski definition) is 7. The molecule has 4 fully saturated rings. The van der Waals surface area contributed by atoms with Gasteiger partial charge in [-0.2, -0.15) is 0 Å². The summed E-state index contributed by atoms with van der Waals surface area (Å²) in [4.78, 5) is 37.1. The number of benzene rings is 1. The minimum Gasteiger partial charge on any atom is -0.458 e. The summed E-state index contributed by atoms with van der Waals surface area (Å²) in [6, 6.07) is 2.28. The first-order valence-electron chi connectivity index (χ1n) is 17.5. The molecule has 8 atom stereocenters. The monoisotopic (exact) mass is 621 g/mol. The second-order valence-corrected chi connectivity index (χ2v) is 15.9. The van der Waals surface area contributed by atoms with Crippen molar-refractivity contribution in [2.45, 2.75) is 111 Å². The molecule has 4 aliphatic carbocycles. The fourth-order valence-electron chi connectivity index (χ4n) is 10.6. The van der Waals surface area contributed by atoms with Crippen LogP contribution in [-0.2, 0) is 4.74 Å². The van der Waals surface area contributed by atoms with Crippen LogP contribution in [-0.4, -0.2) is 35.0 Å². The Bertz CT molecular complexity index is 1350. The number of nitro groups is 2. The molecule has 9 nitrogen and oxygen atoms in total. The standard InChI is InChI=1S/C36H51N3O6/c1-22(2)7-6-8-23(3)28-11-12-29-27-10-9-25-21-26(13-15-35(25,4)30(27)14-16-36(28,29)5)45-34(40)24-19-31(38(41)42)33(37-17-18-37)32(20-24)39(43)44/h9,19-20,22-23,26-30H,6-8,10-18,21H2,1-5H3/t23-,26+,27+,28-,29+,30+,35+,36-/m1/s1. The van der Waals surface area contributed by atoms with Crippen LogP contribution in [0.4, 0.5) is 17.1 Å². The van der Waals surface area contributed by atoms with Crippen molar-refractivity contribution in [1.29, 1.82) is 0 Å². The Balaban J connectivity index is 1.14. The number of ether oxygens (including phenoxy) is 1. The Morgan fingerprint density at radius 3 is 2.29 bits per heavy atom. The topological polar surface area (TPSA) is 116 Å². The van der Waals surface area contributed by atoms with Gasteiger partial charge in [0.15, 0.2) is 5.69 Å². The van der Waals surface area contributed by atoms with Crippen LogP contribution in [0.2, 0.25) is 0 Å². The van der Waals surface area contributed by atoms with E-state index in [1.54, 1.807) is 4.90 Å². The molecule has 0 unspecified atom stereocenters. The lowest BCUT2D eigenvalue weighted by atomic mass is 9.47. The van der Waals surface area contributed by atoms with Crippen molar-refractivity contribution in [3.8, 4) is 0 Å². The number of hydrogen-bond donors (Lipinski definition) is 0. The number of carbonyl (C=O) groups is 1. The minimum absolute atomic E-state index is 0.0327. The van der Waals surface area contributed by atoms with Gasteiger partial charge in [0.2, 0.25) is 0 Å². The molecule has 9 heteroatoms. The highest BCUT2D eigenvalue weighted by Gasteiger charge is 2.59. The Morgan fingerprint density at radius 1 is 0.978 bits per heavy atom. The van der Waals surface area contributed by atoms with Crippen molar-refractivity contribution >= 4 is 23.0 Å². The lowest BCUT2D eigenvalue weighted by molar-refractivity contribution is -0.392. The number of fused-ring (bicyclic) bond motifs is 5. The third kappa shape index (κ3) is 5.78. The van der Waals surface area contributed by atoms with Crippen molar-refractivity contribution in [1.82, 2.24) is 0 Å². The molecule has 0 radical (unpaired) electrons. The van der Waals surface area contributed by atoms with Gasteiger partial charge in [0.1, 0.15) is 6.10 Å².